The fourth-order valence-corrected chi connectivity index (χ4v) is 2.49. The van der Waals surface area contributed by atoms with E-state index in [4.69, 9.17) is 23.2 Å². The van der Waals surface area contributed by atoms with E-state index >= 15 is 0 Å². The fourth-order valence-electron chi connectivity index (χ4n) is 2.07. The highest BCUT2D eigenvalue weighted by Crippen LogP contribution is 2.43. The molecule has 0 N–H and O–H groups in total. The molecule has 1 aliphatic carbocycles. The van der Waals surface area contributed by atoms with Crippen molar-refractivity contribution in [1.29, 1.82) is 0 Å². The summed E-state index contributed by atoms with van der Waals surface area (Å²) in [7, 11) is 0. The number of rotatable bonds is 0. The summed E-state index contributed by atoms with van der Waals surface area (Å²) in [6.45, 7) is 0. The number of hydrogen-bond donors (Lipinski definition) is 0. The molecule has 0 spiro atoms. The third-order valence-corrected chi connectivity index (χ3v) is 3.64. The molecule has 1 nitrogen and oxygen atoms in total. The first-order valence-corrected chi connectivity index (χ1v) is 5.68. The van der Waals surface area contributed by atoms with Crippen molar-refractivity contribution in [2.75, 3.05) is 0 Å². The predicted octanol–water partition coefficient (Wildman–Crippen LogP) is 4.34. The molecule has 0 radical (unpaired) electrons. The second-order valence-electron chi connectivity index (χ2n) is 3.80. The first-order chi connectivity index (χ1) is 8.09. The molecular formula is C13H5Cl2FO. The average Bonchev–Trinajstić information content (AvgIpc) is 2.58. The van der Waals surface area contributed by atoms with Crippen LogP contribution in [0.1, 0.15) is 15.9 Å². The summed E-state index contributed by atoms with van der Waals surface area (Å²) in [5.41, 5.74) is 2.04. The highest BCUT2D eigenvalue weighted by Gasteiger charge is 2.29. The summed E-state index contributed by atoms with van der Waals surface area (Å²) in [6.07, 6.45) is 0. The molecule has 0 amide bonds. The fraction of sp³-hybridized carbons (Fsp3) is 0. The van der Waals surface area contributed by atoms with E-state index in [0.717, 1.165) is 0 Å². The van der Waals surface area contributed by atoms with E-state index in [1.807, 2.05) is 0 Å². The van der Waals surface area contributed by atoms with Crippen LogP contribution in [0.3, 0.4) is 0 Å². The number of fused-ring (bicyclic) bond motifs is 3. The first kappa shape index (κ1) is 10.8. The molecule has 0 heterocycles. The SMILES string of the molecule is O=C1c2cc(F)ccc2-c2c1ccc(Cl)c2Cl. The van der Waals surface area contributed by atoms with Gasteiger partial charge >= 0.3 is 0 Å². The Hall–Kier alpha value is -1.38. The van der Waals surface area contributed by atoms with Crippen LogP contribution in [0.15, 0.2) is 30.3 Å². The van der Waals surface area contributed by atoms with Crippen molar-refractivity contribution < 1.29 is 9.18 Å². The Morgan fingerprint density at radius 3 is 2.41 bits per heavy atom. The number of carbonyl (C=O) groups excluding carboxylic acids is 1. The molecule has 0 saturated heterocycles. The van der Waals surface area contributed by atoms with Crippen LogP contribution in [-0.4, -0.2) is 5.78 Å². The zero-order chi connectivity index (χ0) is 12.2. The number of carbonyl (C=O) groups is 1. The minimum absolute atomic E-state index is 0.215. The smallest absolute Gasteiger partial charge is 0.194 e. The van der Waals surface area contributed by atoms with Gasteiger partial charge in [-0.2, -0.15) is 0 Å². The molecule has 0 aromatic heterocycles. The Balaban J connectivity index is 2.41. The lowest BCUT2D eigenvalue weighted by Crippen LogP contribution is -1.95. The van der Waals surface area contributed by atoms with Crippen molar-refractivity contribution in [3.63, 3.8) is 0 Å². The van der Waals surface area contributed by atoms with Crippen molar-refractivity contribution in [2.24, 2.45) is 0 Å². The topological polar surface area (TPSA) is 17.1 Å². The Labute approximate surface area is 107 Å². The van der Waals surface area contributed by atoms with Gasteiger partial charge in [0.25, 0.3) is 0 Å². The van der Waals surface area contributed by atoms with Gasteiger partial charge in [0.1, 0.15) is 5.82 Å². The molecule has 2 aromatic carbocycles. The van der Waals surface area contributed by atoms with E-state index in [0.29, 0.717) is 32.3 Å². The Morgan fingerprint density at radius 2 is 1.65 bits per heavy atom. The van der Waals surface area contributed by atoms with Gasteiger partial charge in [-0.15, -0.1) is 0 Å². The predicted molar refractivity (Wildman–Crippen MR) is 65.3 cm³/mol. The highest BCUT2D eigenvalue weighted by atomic mass is 35.5. The zero-order valence-corrected chi connectivity index (χ0v) is 9.94. The maximum Gasteiger partial charge on any atom is 0.194 e. The van der Waals surface area contributed by atoms with Gasteiger partial charge in [0.15, 0.2) is 5.78 Å². The van der Waals surface area contributed by atoms with Crippen molar-refractivity contribution in [3.05, 3.63) is 57.3 Å². The van der Waals surface area contributed by atoms with Gasteiger partial charge in [0.2, 0.25) is 0 Å². The van der Waals surface area contributed by atoms with Crippen LogP contribution in [-0.2, 0) is 0 Å². The minimum Gasteiger partial charge on any atom is -0.289 e. The molecule has 84 valence electrons. The van der Waals surface area contributed by atoms with Crippen LogP contribution in [0.25, 0.3) is 11.1 Å². The molecule has 0 unspecified atom stereocenters. The monoisotopic (exact) mass is 266 g/mol. The number of benzene rings is 2. The van der Waals surface area contributed by atoms with Crippen molar-refractivity contribution >= 4 is 29.0 Å². The van der Waals surface area contributed by atoms with Crippen LogP contribution < -0.4 is 0 Å². The van der Waals surface area contributed by atoms with Gasteiger partial charge in [-0.1, -0.05) is 29.3 Å². The van der Waals surface area contributed by atoms with E-state index in [-0.39, 0.29) is 5.78 Å². The van der Waals surface area contributed by atoms with Gasteiger partial charge in [0.05, 0.1) is 10.0 Å². The highest BCUT2D eigenvalue weighted by molar-refractivity contribution is 6.45. The second kappa shape index (κ2) is 3.56. The normalized spacial score (nSPS) is 12.5. The maximum atomic E-state index is 13.1. The van der Waals surface area contributed by atoms with Crippen molar-refractivity contribution in [1.82, 2.24) is 0 Å². The zero-order valence-electron chi connectivity index (χ0n) is 8.43. The molecule has 0 saturated carbocycles. The molecular weight excluding hydrogens is 262 g/mol. The third-order valence-electron chi connectivity index (χ3n) is 2.84. The number of hydrogen-bond acceptors (Lipinski definition) is 1. The molecule has 4 heteroatoms. The molecule has 17 heavy (non-hydrogen) atoms. The molecule has 0 atom stereocenters. The lowest BCUT2D eigenvalue weighted by atomic mass is 10.1. The Morgan fingerprint density at radius 1 is 0.941 bits per heavy atom. The molecule has 0 aliphatic heterocycles. The number of ketones is 1. The van der Waals surface area contributed by atoms with Crippen LogP contribution >= 0.6 is 23.2 Å². The van der Waals surface area contributed by atoms with E-state index in [2.05, 4.69) is 0 Å². The summed E-state index contributed by atoms with van der Waals surface area (Å²) in [4.78, 5) is 12.0. The molecule has 0 fully saturated rings. The summed E-state index contributed by atoms with van der Waals surface area (Å²) < 4.78 is 13.1. The minimum atomic E-state index is -0.438. The summed E-state index contributed by atoms with van der Waals surface area (Å²) in [5.74, 6) is -0.653. The standard InChI is InChI=1S/C13H5Cl2FO/c14-10-4-3-8-11(12(10)15)7-2-1-6(16)5-9(7)13(8)17/h1-5H. The second-order valence-corrected chi connectivity index (χ2v) is 4.59. The molecule has 3 rings (SSSR count). The lowest BCUT2D eigenvalue weighted by molar-refractivity contribution is 0.104. The number of halogens is 3. The lowest BCUT2D eigenvalue weighted by Gasteiger charge is -2.04. The Bertz CT molecular complexity index is 665. The van der Waals surface area contributed by atoms with E-state index in [9.17, 15) is 9.18 Å². The van der Waals surface area contributed by atoms with Crippen LogP contribution in [0.2, 0.25) is 10.0 Å². The van der Waals surface area contributed by atoms with E-state index < -0.39 is 5.82 Å². The first-order valence-electron chi connectivity index (χ1n) is 4.92. The largest absolute Gasteiger partial charge is 0.289 e. The van der Waals surface area contributed by atoms with Crippen molar-refractivity contribution in [2.45, 2.75) is 0 Å². The quantitative estimate of drug-likeness (QED) is 0.592. The van der Waals surface area contributed by atoms with Crippen LogP contribution in [0.4, 0.5) is 4.39 Å². The third kappa shape index (κ3) is 1.41. The van der Waals surface area contributed by atoms with Crippen LogP contribution in [0.5, 0.6) is 0 Å². The van der Waals surface area contributed by atoms with E-state index in [1.54, 1.807) is 18.2 Å². The van der Waals surface area contributed by atoms with Gasteiger partial charge in [-0.05, 0) is 29.8 Å². The average molecular weight is 267 g/mol. The molecule has 1 aliphatic rings. The van der Waals surface area contributed by atoms with Crippen LogP contribution in [0, 0.1) is 5.82 Å². The van der Waals surface area contributed by atoms with Gasteiger partial charge in [-0.25, -0.2) is 4.39 Å². The molecule has 0 bridgehead atoms. The van der Waals surface area contributed by atoms with Gasteiger partial charge < -0.3 is 0 Å². The van der Waals surface area contributed by atoms with E-state index in [1.165, 1.54) is 12.1 Å². The molecule has 2 aromatic rings. The van der Waals surface area contributed by atoms with Crippen molar-refractivity contribution in [3.8, 4) is 11.1 Å². The maximum absolute atomic E-state index is 13.1. The summed E-state index contributed by atoms with van der Waals surface area (Å²) >= 11 is 12.0. The summed E-state index contributed by atoms with van der Waals surface area (Å²) in [5, 5.41) is 0.721. The Kier molecular flexibility index (Phi) is 2.25. The van der Waals surface area contributed by atoms with Gasteiger partial charge in [-0.3, -0.25) is 4.79 Å². The summed E-state index contributed by atoms with van der Waals surface area (Å²) in [6, 6.07) is 7.27. The van der Waals surface area contributed by atoms with Gasteiger partial charge in [0, 0.05) is 16.7 Å².